The third kappa shape index (κ3) is 3.08. The Kier molecular flexibility index (Phi) is 4.39. The topological polar surface area (TPSA) is 98.9 Å². The molecule has 0 saturated carbocycles. The number of nitrogens with one attached hydrogen (secondary N) is 1. The summed E-state index contributed by atoms with van der Waals surface area (Å²) in [4.78, 5) is 46.9. The molecule has 0 unspecified atom stereocenters. The average Bonchev–Trinajstić information content (AvgIpc) is 2.92. The average molecular weight is 385 g/mol. The Balaban J connectivity index is 1.67. The van der Waals surface area contributed by atoms with Crippen LogP contribution in [0, 0.1) is 0 Å². The highest BCUT2D eigenvalue weighted by Crippen LogP contribution is 2.29. The Morgan fingerprint density at radius 2 is 1.93 bits per heavy atom. The molecule has 140 valence electrons. The summed E-state index contributed by atoms with van der Waals surface area (Å²) in [6, 6.07) is 1.47. The Labute approximate surface area is 158 Å². The van der Waals surface area contributed by atoms with E-state index in [9.17, 15) is 14.4 Å². The summed E-state index contributed by atoms with van der Waals surface area (Å²) in [5, 5.41) is 3.61. The van der Waals surface area contributed by atoms with E-state index in [-0.39, 0.29) is 22.5 Å². The molecule has 0 aromatic carbocycles. The van der Waals surface area contributed by atoms with Crippen molar-refractivity contribution >= 4 is 33.4 Å². The smallest absolute Gasteiger partial charge is 0.298 e. The zero-order valence-electron chi connectivity index (χ0n) is 15.1. The zero-order chi connectivity index (χ0) is 19.1. The van der Waals surface area contributed by atoms with Crippen molar-refractivity contribution < 1.29 is 4.79 Å². The minimum Gasteiger partial charge on any atom is -0.298 e. The normalized spacial score (nSPS) is 14.0. The Hall–Kier alpha value is -2.81. The van der Waals surface area contributed by atoms with Crippen molar-refractivity contribution in [3.63, 3.8) is 0 Å². The van der Waals surface area contributed by atoms with E-state index < -0.39 is 11.2 Å². The molecule has 9 heteroatoms. The quantitative estimate of drug-likeness (QED) is 0.676. The number of aryl methyl sites for hydroxylation is 3. The van der Waals surface area contributed by atoms with Gasteiger partial charge in [-0.25, -0.2) is 14.8 Å². The number of anilines is 1. The Morgan fingerprint density at radius 1 is 1.15 bits per heavy atom. The van der Waals surface area contributed by atoms with Gasteiger partial charge in [0.25, 0.3) is 11.5 Å². The summed E-state index contributed by atoms with van der Waals surface area (Å²) in [5.41, 5.74) is 0.648. The molecule has 3 aromatic rings. The third-order valence-corrected chi connectivity index (χ3v) is 5.94. The summed E-state index contributed by atoms with van der Waals surface area (Å²) >= 11 is 1.51. The van der Waals surface area contributed by atoms with Crippen molar-refractivity contribution in [1.29, 1.82) is 0 Å². The predicted molar refractivity (Wildman–Crippen MR) is 104 cm³/mol. The van der Waals surface area contributed by atoms with E-state index in [1.54, 1.807) is 7.05 Å². The molecule has 0 atom stereocenters. The molecule has 3 aromatic heterocycles. The first-order valence-electron chi connectivity index (χ1n) is 8.81. The summed E-state index contributed by atoms with van der Waals surface area (Å²) in [5.74, 6) is -0.371. The lowest BCUT2D eigenvalue weighted by atomic mass is 10.2. The summed E-state index contributed by atoms with van der Waals surface area (Å²) in [7, 11) is 2.94. The zero-order valence-corrected chi connectivity index (χ0v) is 15.9. The van der Waals surface area contributed by atoms with Gasteiger partial charge in [-0.2, -0.15) is 0 Å². The maximum Gasteiger partial charge on any atom is 0.332 e. The Morgan fingerprint density at radius 3 is 2.74 bits per heavy atom. The van der Waals surface area contributed by atoms with Gasteiger partial charge in [-0.3, -0.25) is 24.0 Å². The lowest BCUT2D eigenvalue weighted by molar-refractivity contribution is 0.102. The first kappa shape index (κ1) is 17.6. The third-order valence-electron chi connectivity index (χ3n) is 4.87. The highest BCUT2D eigenvalue weighted by Gasteiger charge is 2.17. The van der Waals surface area contributed by atoms with Gasteiger partial charge in [0.15, 0.2) is 5.13 Å². The van der Waals surface area contributed by atoms with Gasteiger partial charge < -0.3 is 0 Å². The minimum atomic E-state index is -0.476. The lowest BCUT2D eigenvalue weighted by Crippen LogP contribution is -2.37. The highest BCUT2D eigenvalue weighted by molar-refractivity contribution is 7.15. The van der Waals surface area contributed by atoms with Gasteiger partial charge in [0.1, 0.15) is 5.65 Å². The van der Waals surface area contributed by atoms with Crippen LogP contribution >= 0.6 is 11.3 Å². The molecule has 1 aliphatic rings. The van der Waals surface area contributed by atoms with E-state index in [4.69, 9.17) is 0 Å². The van der Waals surface area contributed by atoms with E-state index in [0.29, 0.717) is 5.13 Å². The van der Waals surface area contributed by atoms with Crippen LogP contribution in [0.5, 0.6) is 0 Å². The van der Waals surface area contributed by atoms with Gasteiger partial charge in [-0.1, -0.05) is 6.42 Å². The molecule has 8 nitrogen and oxygen atoms in total. The molecule has 0 aliphatic heterocycles. The molecule has 4 rings (SSSR count). The number of nitrogens with zero attached hydrogens (tertiary/aromatic N) is 4. The van der Waals surface area contributed by atoms with Crippen LogP contribution in [-0.2, 0) is 26.9 Å². The molecule has 0 radical (unpaired) electrons. The van der Waals surface area contributed by atoms with E-state index in [0.717, 1.165) is 35.9 Å². The Bertz CT molecular complexity index is 1150. The molecule has 3 heterocycles. The molecule has 0 bridgehead atoms. The molecule has 0 saturated heterocycles. The van der Waals surface area contributed by atoms with Crippen molar-refractivity contribution in [1.82, 2.24) is 19.1 Å². The summed E-state index contributed by atoms with van der Waals surface area (Å²) in [6.07, 6.45) is 6.81. The van der Waals surface area contributed by atoms with Crippen molar-refractivity contribution in [3.05, 3.63) is 49.2 Å². The molecule has 27 heavy (non-hydrogen) atoms. The molecule has 1 aliphatic carbocycles. The molecule has 0 spiro atoms. The summed E-state index contributed by atoms with van der Waals surface area (Å²) < 4.78 is 2.29. The maximum absolute atomic E-state index is 12.6. The molecular weight excluding hydrogens is 366 g/mol. The largest absolute Gasteiger partial charge is 0.332 e. The number of fused-ring (bicyclic) bond motifs is 2. The van der Waals surface area contributed by atoms with E-state index >= 15 is 0 Å². The van der Waals surface area contributed by atoms with E-state index in [1.807, 2.05) is 0 Å². The number of pyridine rings is 1. The van der Waals surface area contributed by atoms with Gasteiger partial charge in [-0.15, -0.1) is 11.3 Å². The van der Waals surface area contributed by atoms with Crippen LogP contribution in [0.3, 0.4) is 0 Å². The number of amides is 1. The van der Waals surface area contributed by atoms with E-state index in [2.05, 4.69) is 15.3 Å². The van der Waals surface area contributed by atoms with Crippen LogP contribution in [-0.4, -0.2) is 25.0 Å². The second-order valence-electron chi connectivity index (χ2n) is 6.70. The van der Waals surface area contributed by atoms with Crippen LogP contribution in [0.2, 0.25) is 0 Å². The van der Waals surface area contributed by atoms with Crippen LogP contribution in [0.1, 0.15) is 40.2 Å². The fourth-order valence-electron chi connectivity index (χ4n) is 3.34. The fraction of sp³-hybridized carbons (Fsp3) is 0.389. The minimum absolute atomic E-state index is 0.224. The monoisotopic (exact) mass is 385 g/mol. The second-order valence-corrected chi connectivity index (χ2v) is 7.79. The van der Waals surface area contributed by atoms with Crippen LogP contribution < -0.4 is 16.6 Å². The van der Waals surface area contributed by atoms with Crippen LogP contribution in [0.15, 0.2) is 21.9 Å². The lowest BCUT2D eigenvalue weighted by Gasteiger charge is -2.08. The number of thiazole rings is 1. The van der Waals surface area contributed by atoms with Crippen molar-refractivity contribution in [2.24, 2.45) is 14.1 Å². The van der Waals surface area contributed by atoms with Gasteiger partial charge in [0.2, 0.25) is 0 Å². The first-order chi connectivity index (χ1) is 13.0. The van der Waals surface area contributed by atoms with Gasteiger partial charge in [-0.05, 0) is 31.7 Å². The van der Waals surface area contributed by atoms with Crippen molar-refractivity contribution in [2.75, 3.05) is 5.32 Å². The van der Waals surface area contributed by atoms with Crippen LogP contribution in [0.25, 0.3) is 11.0 Å². The number of hydrogen-bond acceptors (Lipinski definition) is 6. The summed E-state index contributed by atoms with van der Waals surface area (Å²) in [6.45, 7) is 0. The number of aromatic nitrogens is 4. The second kappa shape index (κ2) is 6.73. The molecular formula is C18H19N5O3S. The fourth-order valence-corrected chi connectivity index (χ4v) is 4.39. The van der Waals surface area contributed by atoms with Gasteiger partial charge >= 0.3 is 5.69 Å². The standard InChI is InChI=1S/C18H19N5O3S/c1-22-14-11(16(25)23(2)18(22)26)8-10(9-19-14)15(24)21-17-20-12-6-4-3-5-7-13(12)27-17/h8-9H,3-7H2,1-2H3,(H,20,21,24). The SMILES string of the molecule is Cn1c(=O)c2cc(C(=O)Nc3nc4c(s3)CCCCC4)cnc2n(C)c1=O. The highest BCUT2D eigenvalue weighted by atomic mass is 32.1. The number of hydrogen-bond donors (Lipinski definition) is 1. The van der Waals surface area contributed by atoms with Gasteiger partial charge in [0, 0.05) is 25.2 Å². The number of rotatable bonds is 2. The van der Waals surface area contributed by atoms with Crippen molar-refractivity contribution in [2.45, 2.75) is 32.1 Å². The first-order valence-corrected chi connectivity index (χ1v) is 9.63. The maximum atomic E-state index is 12.6. The molecule has 1 amide bonds. The number of carbonyl (C=O) groups excluding carboxylic acids is 1. The number of carbonyl (C=O) groups is 1. The predicted octanol–water partition coefficient (Wildman–Crippen LogP) is 1.61. The molecule has 0 fully saturated rings. The molecule has 1 N–H and O–H groups in total. The van der Waals surface area contributed by atoms with Gasteiger partial charge in [0.05, 0.1) is 16.6 Å². The van der Waals surface area contributed by atoms with E-state index in [1.165, 1.54) is 46.5 Å². The van der Waals surface area contributed by atoms with Crippen molar-refractivity contribution in [3.8, 4) is 0 Å². The van der Waals surface area contributed by atoms with Crippen LogP contribution in [0.4, 0.5) is 5.13 Å².